The zero-order chi connectivity index (χ0) is 16.0. The van der Waals surface area contributed by atoms with Crippen LogP contribution in [0, 0.1) is 0 Å². The third kappa shape index (κ3) is 7.52. The molecule has 0 spiro atoms. The molecule has 0 aliphatic heterocycles. The minimum Gasteiger partial charge on any atom is -0.350 e. The minimum absolute atomic E-state index is 0.166. The number of halogens is 1. The summed E-state index contributed by atoms with van der Waals surface area (Å²) in [6, 6.07) is 7.29. The number of hydrogen-bond donors (Lipinski definition) is 2. The van der Waals surface area contributed by atoms with Crippen molar-refractivity contribution in [3.05, 3.63) is 28.7 Å². The molecule has 0 saturated heterocycles. The van der Waals surface area contributed by atoms with E-state index in [1.54, 1.807) is 0 Å². The highest BCUT2D eigenvalue weighted by Crippen LogP contribution is 2.22. The normalized spacial score (nSPS) is 12.6. The standard InChI is InChI=1S/C15H21BrN2O2S/c1-10(19)17-13(14(20)18-15(2,3)4)9-21-12-7-5-6-11(16)8-12/h5-8,13H,9H2,1-4H3,(H,17,19)(H,18,20). The van der Waals surface area contributed by atoms with Crippen LogP contribution in [0.25, 0.3) is 0 Å². The number of nitrogens with one attached hydrogen (secondary N) is 2. The highest BCUT2D eigenvalue weighted by Gasteiger charge is 2.23. The first-order valence-corrected chi connectivity index (χ1v) is 8.43. The highest BCUT2D eigenvalue weighted by molar-refractivity contribution is 9.10. The molecule has 1 rings (SSSR count). The zero-order valence-corrected chi connectivity index (χ0v) is 15.1. The van der Waals surface area contributed by atoms with E-state index in [4.69, 9.17) is 0 Å². The Kier molecular flexibility index (Phi) is 6.74. The van der Waals surface area contributed by atoms with Crippen LogP contribution in [0.5, 0.6) is 0 Å². The number of hydrogen-bond acceptors (Lipinski definition) is 3. The molecule has 116 valence electrons. The molecule has 0 aliphatic carbocycles. The number of carbonyl (C=O) groups excluding carboxylic acids is 2. The Bertz CT molecular complexity index is 515. The minimum atomic E-state index is -0.550. The summed E-state index contributed by atoms with van der Waals surface area (Å²) in [5.41, 5.74) is -0.325. The van der Waals surface area contributed by atoms with Crippen molar-refractivity contribution >= 4 is 39.5 Å². The summed E-state index contributed by atoms with van der Waals surface area (Å²) in [5, 5.41) is 5.60. The van der Waals surface area contributed by atoms with Crippen molar-refractivity contribution < 1.29 is 9.59 Å². The maximum absolute atomic E-state index is 12.2. The molecule has 2 amide bonds. The zero-order valence-electron chi connectivity index (χ0n) is 12.7. The maximum Gasteiger partial charge on any atom is 0.243 e. The first kappa shape index (κ1) is 18.0. The van der Waals surface area contributed by atoms with Gasteiger partial charge in [0.15, 0.2) is 0 Å². The highest BCUT2D eigenvalue weighted by atomic mass is 79.9. The molecule has 0 aromatic heterocycles. The van der Waals surface area contributed by atoms with Gasteiger partial charge in [0.25, 0.3) is 0 Å². The van der Waals surface area contributed by atoms with Gasteiger partial charge in [-0.05, 0) is 39.0 Å². The molecular weight excluding hydrogens is 352 g/mol. The van der Waals surface area contributed by atoms with E-state index < -0.39 is 6.04 Å². The number of benzene rings is 1. The first-order chi connectivity index (χ1) is 9.67. The predicted molar refractivity (Wildman–Crippen MR) is 90.4 cm³/mol. The summed E-state index contributed by atoms with van der Waals surface area (Å²) < 4.78 is 0.989. The molecule has 0 aliphatic rings. The Morgan fingerprint density at radius 3 is 2.52 bits per heavy atom. The maximum atomic E-state index is 12.2. The average Bonchev–Trinajstić information content (AvgIpc) is 2.32. The number of rotatable bonds is 5. The molecular formula is C15H21BrN2O2S. The van der Waals surface area contributed by atoms with E-state index in [1.807, 2.05) is 45.0 Å². The summed E-state index contributed by atoms with van der Waals surface area (Å²) in [5.74, 6) is 0.108. The van der Waals surface area contributed by atoms with Crippen LogP contribution in [0.3, 0.4) is 0 Å². The third-order valence-corrected chi connectivity index (χ3v) is 3.99. The Hall–Kier alpha value is -1.01. The Morgan fingerprint density at radius 1 is 1.33 bits per heavy atom. The molecule has 0 saturated carbocycles. The van der Waals surface area contributed by atoms with E-state index in [-0.39, 0.29) is 17.4 Å². The molecule has 21 heavy (non-hydrogen) atoms. The predicted octanol–water partition coefficient (Wildman–Crippen LogP) is 2.96. The molecule has 2 N–H and O–H groups in total. The van der Waals surface area contributed by atoms with Gasteiger partial charge in [0, 0.05) is 27.6 Å². The van der Waals surface area contributed by atoms with Gasteiger partial charge in [-0.15, -0.1) is 11.8 Å². The molecule has 1 unspecified atom stereocenters. The van der Waals surface area contributed by atoms with Gasteiger partial charge in [-0.2, -0.15) is 0 Å². The van der Waals surface area contributed by atoms with Gasteiger partial charge >= 0.3 is 0 Å². The van der Waals surface area contributed by atoms with Gasteiger partial charge in [-0.1, -0.05) is 22.0 Å². The fraction of sp³-hybridized carbons (Fsp3) is 0.467. The van der Waals surface area contributed by atoms with Crippen molar-refractivity contribution in [2.24, 2.45) is 0 Å². The molecule has 0 heterocycles. The quantitative estimate of drug-likeness (QED) is 0.781. The number of amides is 2. The fourth-order valence-corrected chi connectivity index (χ4v) is 3.15. The monoisotopic (exact) mass is 372 g/mol. The van der Waals surface area contributed by atoms with Crippen LogP contribution in [-0.4, -0.2) is 29.1 Å². The summed E-state index contributed by atoms with van der Waals surface area (Å²) in [6.07, 6.45) is 0. The van der Waals surface area contributed by atoms with E-state index in [1.165, 1.54) is 18.7 Å². The number of thioether (sulfide) groups is 1. The van der Waals surface area contributed by atoms with E-state index in [2.05, 4.69) is 26.6 Å². The molecule has 0 radical (unpaired) electrons. The Balaban J connectivity index is 2.70. The van der Waals surface area contributed by atoms with Crippen LogP contribution < -0.4 is 10.6 Å². The smallest absolute Gasteiger partial charge is 0.243 e. The van der Waals surface area contributed by atoms with Gasteiger partial charge in [-0.25, -0.2) is 0 Å². The summed E-state index contributed by atoms with van der Waals surface area (Å²) in [7, 11) is 0. The second-order valence-electron chi connectivity index (χ2n) is 5.76. The SMILES string of the molecule is CC(=O)NC(CSc1cccc(Br)c1)C(=O)NC(C)(C)C. The molecule has 1 atom stereocenters. The van der Waals surface area contributed by atoms with Crippen LogP contribution in [0.2, 0.25) is 0 Å². The van der Waals surface area contributed by atoms with E-state index in [9.17, 15) is 9.59 Å². The van der Waals surface area contributed by atoms with Crippen molar-refractivity contribution in [1.82, 2.24) is 10.6 Å². The summed E-state index contributed by atoms with van der Waals surface area (Å²) in [6.45, 7) is 7.16. The topological polar surface area (TPSA) is 58.2 Å². The van der Waals surface area contributed by atoms with Gasteiger partial charge in [0.2, 0.25) is 11.8 Å². The summed E-state index contributed by atoms with van der Waals surface area (Å²) in [4.78, 5) is 24.6. The van der Waals surface area contributed by atoms with Gasteiger partial charge in [0.05, 0.1) is 0 Å². The van der Waals surface area contributed by atoms with Crippen LogP contribution in [0.4, 0.5) is 0 Å². The van der Waals surface area contributed by atoms with Crippen LogP contribution in [0.15, 0.2) is 33.6 Å². The Labute approximate surface area is 138 Å². The molecule has 1 aromatic carbocycles. The van der Waals surface area contributed by atoms with E-state index in [0.717, 1.165) is 9.37 Å². The van der Waals surface area contributed by atoms with Crippen molar-refractivity contribution in [2.75, 3.05) is 5.75 Å². The van der Waals surface area contributed by atoms with Crippen LogP contribution in [-0.2, 0) is 9.59 Å². The summed E-state index contributed by atoms with van der Waals surface area (Å²) >= 11 is 4.95. The Morgan fingerprint density at radius 2 is 2.00 bits per heavy atom. The largest absolute Gasteiger partial charge is 0.350 e. The lowest BCUT2D eigenvalue weighted by Gasteiger charge is -2.25. The second kappa shape index (κ2) is 7.84. The third-order valence-electron chi connectivity index (χ3n) is 2.40. The molecule has 6 heteroatoms. The molecule has 0 bridgehead atoms. The van der Waals surface area contributed by atoms with E-state index in [0.29, 0.717) is 5.75 Å². The average molecular weight is 373 g/mol. The lowest BCUT2D eigenvalue weighted by molar-refractivity contribution is -0.128. The van der Waals surface area contributed by atoms with Gasteiger partial charge in [0.1, 0.15) is 6.04 Å². The van der Waals surface area contributed by atoms with E-state index >= 15 is 0 Å². The molecule has 1 aromatic rings. The molecule has 4 nitrogen and oxygen atoms in total. The van der Waals surface area contributed by atoms with Gasteiger partial charge < -0.3 is 10.6 Å². The lowest BCUT2D eigenvalue weighted by Crippen LogP contribution is -2.52. The van der Waals surface area contributed by atoms with Crippen molar-refractivity contribution in [2.45, 2.75) is 44.2 Å². The first-order valence-electron chi connectivity index (χ1n) is 6.65. The van der Waals surface area contributed by atoms with Crippen molar-refractivity contribution in [3.8, 4) is 0 Å². The number of carbonyl (C=O) groups is 2. The van der Waals surface area contributed by atoms with Crippen molar-refractivity contribution in [3.63, 3.8) is 0 Å². The molecule has 0 fully saturated rings. The second-order valence-corrected chi connectivity index (χ2v) is 7.77. The lowest BCUT2D eigenvalue weighted by atomic mass is 10.1. The van der Waals surface area contributed by atoms with Gasteiger partial charge in [-0.3, -0.25) is 9.59 Å². The fourth-order valence-electron chi connectivity index (χ4n) is 1.62. The van der Waals surface area contributed by atoms with Crippen LogP contribution >= 0.6 is 27.7 Å². The van der Waals surface area contributed by atoms with Crippen molar-refractivity contribution in [1.29, 1.82) is 0 Å². The van der Waals surface area contributed by atoms with Crippen LogP contribution in [0.1, 0.15) is 27.7 Å².